The molecular weight excluding hydrogens is 524 g/mol. The van der Waals surface area contributed by atoms with Crippen LogP contribution in [0.2, 0.25) is 0 Å². The van der Waals surface area contributed by atoms with Gasteiger partial charge in [-0.15, -0.1) is 11.8 Å². The highest BCUT2D eigenvalue weighted by atomic mass is 32.2. The molecule has 2 aromatic heterocycles. The first-order valence-electron chi connectivity index (χ1n) is 14.2. The first-order valence-corrected chi connectivity index (χ1v) is 15.4. The van der Waals surface area contributed by atoms with Crippen LogP contribution in [0.15, 0.2) is 40.0 Å². The average molecular weight is 565 g/mol. The number of amides is 2. The standard InChI is InChI=1S/C31H40N4O4S/c1-18-14-26(40-5)24(29(37)33-18)15-32-30(38)27-20(3)35(25-9-7-6-8-23(25)27)19(2)21-10-12-22(13-11-21)28(36)34-31(4)16-39-17-31/h6-9,14,19,21-22H,10-13,15-17H2,1-5H3,(H,32,38)(H,33,37)(H,34,36)/t19-,21?,22?/m1/s1. The number of para-hydroxylation sites is 1. The maximum atomic E-state index is 13.6. The average Bonchev–Trinajstić information content (AvgIpc) is 3.22. The quantitative estimate of drug-likeness (QED) is 0.339. The third kappa shape index (κ3) is 5.46. The van der Waals surface area contributed by atoms with Gasteiger partial charge in [0.2, 0.25) is 5.91 Å². The van der Waals surface area contributed by atoms with E-state index in [0.29, 0.717) is 30.3 Å². The van der Waals surface area contributed by atoms with Crippen LogP contribution in [-0.4, -0.2) is 46.4 Å². The lowest BCUT2D eigenvalue weighted by Crippen LogP contribution is -2.61. The largest absolute Gasteiger partial charge is 0.376 e. The van der Waals surface area contributed by atoms with E-state index in [1.54, 1.807) is 0 Å². The summed E-state index contributed by atoms with van der Waals surface area (Å²) in [6.45, 7) is 9.47. The van der Waals surface area contributed by atoms with E-state index in [2.05, 4.69) is 33.2 Å². The van der Waals surface area contributed by atoms with Gasteiger partial charge in [-0.2, -0.15) is 0 Å². The number of rotatable bonds is 8. The Balaban J connectivity index is 1.33. The predicted molar refractivity (Wildman–Crippen MR) is 159 cm³/mol. The third-order valence-corrected chi connectivity index (χ3v) is 9.56. The number of thioether (sulfide) groups is 1. The van der Waals surface area contributed by atoms with Crippen molar-refractivity contribution in [1.82, 2.24) is 20.2 Å². The topological polar surface area (TPSA) is 105 Å². The van der Waals surface area contributed by atoms with Gasteiger partial charge in [-0.3, -0.25) is 14.4 Å². The van der Waals surface area contributed by atoms with E-state index in [-0.39, 0.29) is 41.4 Å². The Hall–Kier alpha value is -3.04. The van der Waals surface area contributed by atoms with Crippen molar-refractivity contribution in [2.45, 2.75) is 76.4 Å². The van der Waals surface area contributed by atoms with E-state index in [1.165, 1.54) is 11.8 Å². The fourth-order valence-electron chi connectivity index (χ4n) is 6.45. The van der Waals surface area contributed by atoms with Crippen LogP contribution in [0.25, 0.3) is 10.9 Å². The van der Waals surface area contributed by atoms with Crippen LogP contribution >= 0.6 is 11.8 Å². The molecule has 3 N–H and O–H groups in total. The smallest absolute Gasteiger partial charge is 0.254 e. The summed E-state index contributed by atoms with van der Waals surface area (Å²) in [5.74, 6) is 0.421. The summed E-state index contributed by atoms with van der Waals surface area (Å²) in [4.78, 5) is 42.8. The van der Waals surface area contributed by atoms with Crippen LogP contribution in [0.5, 0.6) is 0 Å². The second kappa shape index (κ2) is 11.4. The van der Waals surface area contributed by atoms with E-state index in [1.807, 2.05) is 51.3 Å². The van der Waals surface area contributed by atoms with Gasteiger partial charge in [0.05, 0.1) is 24.3 Å². The van der Waals surface area contributed by atoms with Gasteiger partial charge in [0.15, 0.2) is 0 Å². The number of aromatic amines is 1. The highest BCUT2D eigenvalue weighted by molar-refractivity contribution is 7.98. The molecule has 2 aliphatic rings. The molecule has 0 radical (unpaired) electrons. The van der Waals surface area contributed by atoms with E-state index in [9.17, 15) is 14.4 Å². The zero-order chi connectivity index (χ0) is 28.6. The molecule has 1 aromatic carbocycles. The number of carbonyl (C=O) groups excluding carboxylic acids is 2. The lowest BCUT2D eigenvalue weighted by Gasteiger charge is -2.40. The summed E-state index contributed by atoms with van der Waals surface area (Å²) in [5, 5.41) is 7.12. The number of nitrogens with one attached hydrogen (secondary N) is 3. The summed E-state index contributed by atoms with van der Waals surface area (Å²) in [7, 11) is 0. The predicted octanol–water partition coefficient (Wildman–Crippen LogP) is 4.87. The Morgan fingerprint density at radius 1 is 1.18 bits per heavy atom. The molecule has 3 aromatic rings. The van der Waals surface area contributed by atoms with Crippen molar-refractivity contribution in [3.63, 3.8) is 0 Å². The van der Waals surface area contributed by atoms with Crippen molar-refractivity contribution in [2.24, 2.45) is 11.8 Å². The maximum absolute atomic E-state index is 13.6. The van der Waals surface area contributed by atoms with Gasteiger partial charge in [-0.1, -0.05) is 18.2 Å². The van der Waals surface area contributed by atoms with Gasteiger partial charge in [-0.05, 0) is 77.7 Å². The molecule has 8 nitrogen and oxygen atoms in total. The second-order valence-corrected chi connectivity index (χ2v) is 12.6. The van der Waals surface area contributed by atoms with E-state index >= 15 is 0 Å². The van der Waals surface area contributed by atoms with Gasteiger partial charge in [0.1, 0.15) is 0 Å². The SMILES string of the molecule is CSc1cc(C)[nH]c(=O)c1CNC(=O)c1c(C)n([C@H](C)C2CCC(C(=O)NC3(C)COC3)CC2)c2ccccc12. The van der Waals surface area contributed by atoms with Gasteiger partial charge < -0.3 is 24.9 Å². The van der Waals surface area contributed by atoms with E-state index in [4.69, 9.17) is 4.74 Å². The molecule has 1 saturated carbocycles. The third-order valence-electron chi connectivity index (χ3n) is 8.76. The number of hydrogen-bond acceptors (Lipinski definition) is 5. The summed E-state index contributed by atoms with van der Waals surface area (Å²) in [6, 6.07) is 10.2. The zero-order valence-electron chi connectivity index (χ0n) is 24.1. The zero-order valence-corrected chi connectivity index (χ0v) is 24.9. The molecule has 2 fully saturated rings. The first-order chi connectivity index (χ1) is 19.1. The molecule has 9 heteroatoms. The lowest BCUT2D eigenvalue weighted by atomic mass is 9.78. The minimum absolute atomic E-state index is 0.0424. The van der Waals surface area contributed by atoms with E-state index < -0.39 is 0 Å². The van der Waals surface area contributed by atoms with Crippen LogP contribution in [0, 0.1) is 25.7 Å². The van der Waals surface area contributed by atoms with Gasteiger partial charge in [-0.25, -0.2) is 0 Å². The molecule has 0 spiro atoms. The minimum Gasteiger partial charge on any atom is -0.376 e. The number of H-pyrrole nitrogens is 1. The number of aryl methyl sites for hydroxylation is 1. The number of aromatic nitrogens is 2. The fraction of sp³-hybridized carbons (Fsp3) is 0.516. The Labute approximate surface area is 239 Å². The summed E-state index contributed by atoms with van der Waals surface area (Å²) in [6.07, 6.45) is 5.60. The van der Waals surface area contributed by atoms with Crippen LogP contribution < -0.4 is 16.2 Å². The highest BCUT2D eigenvalue weighted by Gasteiger charge is 2.38. The van der Waals surface area contributed by atoms with Gasteiger partial charge in [0.25, 0.3) is 11.5 Å². The molecule has 0 bridgehead atoms. The van der Waals surface area contributed by atoms with Crippen LogP contribution in [0.3, 0.4) is 0 Å². The Morgan fingerprint density at radius 2 is 1.88 bits per heavy atom. The number of ether oxygens (including phenoxy) is 1. The lowest BCUT2D eigenvalue weighted by molar-refractivity contribution is -0.136. The number of carbonyl (C=O) groups is 2. The second-order valence-electron chi connectivity index (χ2n) is 11.8. The molecule has 1 saturated heterocycles. The number of benzene rings is 1. The van der Waals surface area contributed by atoms with Crippen LogP contribution in [-0.2, 0) is 16.1 Å². The highest BCUT2D eigenvalue weighted by Crippen LogP contribution is 2.39. The number of hydrogen-bond donors (Lipinski definition) is 3. The number of pyridine rings is 1. The molecule has 2 amide bonds. The van der Waals surface area contributed by atoms with Crippen LogP contribution in [0.4, 0.5) is 0 Å². The molecule has 214 valence electrons. The van der Waals surface area contributed by atoms with Crippen molar-refractivity contribution in [3.8, 4) is 0 Å². The Bertz CT molecular complexity index is 1480. The fourth-order valence-corrected chi connectivity index (χ4v) is 7.16. The Morgan fingerprint density at radius 3 is 2.52 bits per heavy atom. The summed E-state index contributed by atoms with van der Waals surface area (Å²) >= 11 is 1.50. The number of nitrogens with zero attached hydrogens (tertiary/aromatic N) is 1. The van der Waals surface area contributed by atoms with Gasteiger partial charge in [0, 0.05) is 51.3 Å². The van der Waals surface area contributed by atoms with Crippen molar-refractivity contribution >= 4 is 34.5 Å². The normalized spacial score (nSPS) is 21.0. The molecule has 5 rings (SSSR count). The molecular formula is C31H40N4O4S. The summed E-state index contributed by atoms with van der Waals surface area (Å²) < 4.78 is 7.58. The minimum atomic E-state index is -0.219. The molecule has 0 unspecified atom stereocenters. The van der Waals surface area contributed by atoms with Crippen molar-refractivity contribution in [3.05, 3.63) is 63.2 Å². The van der Waals surface area contributed by atoms with Gasteiger partial charge >= 0.3 is 0 Å². The number of fused-ring (bicyclic) bond motifs is 1. The van der Waals surface area contributed by atoms with Crippen LogP contribution in [0.1, 0.15) is 72.9 Å². The molecule has 1 atom stereocenters. The molecule has 1 aliphatic carbocycles. The molecule has 1 aliphatic heterocycles. The maximum Gasteiger partial charge on any atom is 0.254 e. The van der Waals surface area contributed by atoms with E-state index in [0.717, 1.165) is 52.9 Å². The molecule has 40 heavy (non-hydrogen) atoms. The first kappa shape index (κ1) is 28.5. The van der Waals surface area contributed by atoms with Crippen molar-refractivity contribution in [2.75, 3.05) is 19.5 Å². The molecule has 3 heterocycles. The van der Waals surface area contributed by atoms with Crippen molar-refractivity contribution < 1.29 is 14.3 Å². The van der Waals surface area contributed by atoms with Crippen molar-refractivity contribution in [1.29, 1.82) is 0 Å². The summed E-state index contributed by atoms with van der Waals surface area (Å²) in [5.41, 5.74) is 3.59. The monoisotopic (exact) mass is 564 g/mol. The Kier molecular flexibility index (Phi) is 8.15.